The van der Waals surface area contributed by atoms with E-state index in [1.165, 1.54) is 0 Å². The second-order valence-electron chi connectivity index (χ2n) is 4.54. The largest absolute Gasteiger partial charge is 0.399 e. The third kappa shape index (κ3) is 2.44. The molecule has 1 aromatic heterocycles. The molecule has 0 unspecified atom stereocenters. The van der Waals surface area contributed by atoms with Crippen molar-refractivity contribution in [2.45, 2.75) is 0 Å². The van der Waals surface area contributed by atoms with Gasteiger partial charge in [0.05, 0.1) is 0 Å². The number of nitrogens with zero attached hydrogens (tertiary/aromatic N) is 2. The van der Waals surface area contributed by atoms with Gasteiger partial charge in [-0.25, -0.2) is 9.97 Å². The fraction of sp³-hybridized carbons (Fsp3) is 0. The molecule has 4 heteroatoms. The highest BCUT2D eigenvalue weighted by Crippen LogP contribution is 2.28. The Morgan fingerprint density at radius 3 is 1.90 bits per heavy atom. The minimum Gasteiger partial charge on any atom is -0.399 e. The monoisotopic (exact) mass is 262 g/mol. The van der Waals surface area contributed by atoms with Crippen LogP contribution in [-0.4, -0.2) is 9.97 Å². The summed E-state index contributed by atoms with van der Waals surface area (Å²) in [6, 6.07) is 16.0. The van der Waals surface area contributed by atoms with Crippen molar-refractivity contribution in [2.24, 2.45) is 0 Å². The topological polar surface area (TPSA) is 77.8 Å². The van der Waals surface area contributed by atoms with Crippen molar-refractivity contribution in [3.63, 3.8) is 0 Å². The molecule has 0 bridgehead atoms. The van der Waals surface area contributed by atoms with E-state index in [1.807, 2.05) is 30.3 Å². The Morgan fingerprint density at radius 1 is 0.650 bits per heavy atom. The van der Waals surface area contributed by atoms with Gasteiger partial charge in [-0.1, -0.05) is 30.3 Å². The molecule has 0 saturated carbocycles. The van der Waals surface area contributed by atoms with Crippen molar-refractivity contribution in [3.05, 3.63) is 60.9 Å². The van der Waals surface area contributed by atoms with Crippen molar-refractivity contribution in [3.8, 4) is 22.3 Å². The van der Waals surface area contributed by atoms with Crippen molar-refractivity contribution in [1.29, 1.82) is 0 Å². The van der Waals surface area contributed by atoms with Gasteiger partial charge in [-0.05, 0) is 34.9 Å². The van der Waals surface area contributed by atoms with Crippen LogP contribution >= 0.6 is 0 Å². The zero-order valence-corrected chi connectivity index (χ0v) is 10.8. The molecule has 1 heterocycles. The first kappa shape index (κ1) is 12.2. The van der Waals surface area contributed by atoms with Crippen LogP contribution < -0.4 is 11.5 Å². The third-order valence-electron chi connectivity index (χ3n) is 3.07. The number of benzene rings is 2. The lowest BCUT2D eigenvalue weighted by molar-refractivity contribution is 1.19. The summed E-state index contributed by atoms with van der Waals surface area (Å²) in [7, 11) is 0. The smallest absolute Gasteiger partial charge is 0.219 e. The molecule has 0 spiro atoms. The van der Waals surface area contributed by atoms with E-state index in [1.54, 1.807) is 12.4 Å². The summed E-state index contributed by atoms with van der Waals surface area (Å²) in [6.07, 6.45) is 3.40. The minimum absolute atomic E-state index is 0.265. The maximum absolute atomic E-state index is 6.00. The molecule has 0 fully saturated rings. The predicted octanol–water partition coefficient (Wildman–Crippen LogP) is 2.98. The van der Waals surface area contributed by atoms with Gasteiger partial charge < -0.3 is 11.5 Å². The van der Waals surface area contributed by atoms with Crippen LogP contribution in [0.25, 0.3) is 22.3 Å². The molecule has 20 heavy (non-hydrogen) atoms. The maximum Gasteiger partial charge on any atom is 0.219 e. The van der Waals surface area contributed by atoms with Gasteiger partial charge >= 0.3 is 0 Å². The van der Waals surface area contributed by atoms with Gasteiger partial charge in [0, 0.05) is 23.6 Å². The number of rotatable bonds is 2. The second-order valence-corrected chi connectivity index (χ2v) is 4.54. The lowest BCUT2D eigenvalue weighted by atomic mass is 9.99. The Morgan fingerprint density at radius 2 is 1.25 bits per heavy atom. The Balaban J connectivity index is 2.09. The molecule has 4 N–H and O–H groups in total. The van der Waals surface area contributed by atoms with Crippen LogP contribution in [0.5, 0.6) is 0 Å². The normalized spacial score (nSPS) is 10.4. The van der Waals surface area contributed by atoms with E-state index in [0.29, 0.717) is 5.69 Å². The molecule has 0 saturated heterocycles. The summed E-state index contributed by atoms with van der Waals surface area (Å²) in [5.41, 5.74) is 16.3. The first-order chi connectivity index (χ1) is 9.72. The van der Waals surface area contributed by atoms with E-state index in [-0.39, 0.29) is 5.95 Å². The lowest BCUT2D eigenvalue weighted by Crippen LogP contribution is -1.94. The van der Waals surface area contributed by atoms with E-state index in [4.69, 9.17) is 11.5 Å². The second kappa shape index (κ2) is 5.01. The Bertz CT molecular complexity index is 721. The molecule has 0 aliphatic heterocycles. The number of anilines is 2. The molecule has 0 atom stereocenters. The first-order valence-corrected chi connectivity index (χ1v) is 6.26. The molecule has 0 aliphatic carbocycles. The molecule has 4 nitrogen and oxygen atoms in total. The summed E-state index contributed by atoms with van der Waals surface area (Å²) >= 11 is 0. The molecule has 98 valence electrons. The van der Waals surface area contributed by atoms with Gasteiger partial charge in [-0.2, -0.15) is 0 Å². The lowest BCUT2D eigenvalue weighted by Gasteiger charge is -2.08. The third-order valence-corrected chi connectivity index (χ3v) is 3.07. The summed E-state index contributed by atoms with van der Waals surface area (Å²) in [4.78, 5) is 8.03. The van der Waals surface area contributed by atoms with Crippen LogP contribution in [0.3, 0.4) is 0 Å². The summed E-state index contributed by atoms with van der Waals surface area (Å²) < 4.78 is 0. The molecule has 2 aromatic carbocycles. The average molecular weight is 262 g/mol. The number of hydrogen-bond acceptors (Lipinski definition) is 4. The van der Waals surface area contributed by atoms with Crippen LogP contribution in [-0.2, 0) is 0 Å². The quantitative estimate of drug-likeness (QED) is 0.696. The van der Waals surface area contributed by atoms with Crippen LogP contribution in [0.15, 0.2) is 60.9 Å². The van der Waals surface area contributed by atoms with E-state index in [9.17, 15) is 0 Å². The maximum atomic E-state index is 6.00. The number of nitrogens with two attached hydrogens (primary N) is 2. The van der Waals surface area contributed by atoms with E-state index >= 15 is 0 Å². The Hall–Kier alpha value is -2.88. The van der Waals surface area contributed by atoms with E-state index in [0.717, 1.165) is 22.3 Å². The number of aromatic nitrogens is 2. The van der Waals surface area contributed by atoms with Gasteiger partial charge in [0.25, 0.3) is 0 Å². The van der Waals surface area contributed by atoms with Crippen molar-refractivity contribution >= 4 is 11.6 Å². The van der Waals surface area contributed by atoms with Gasteiger partial charge in [-0.15, -0.1) is 0 Å². The summed E-state index contributed by atoms with van der Waals surface area (Å²) in [5, 5.41) is 0. The van der Waals surface area contributed by atoms with Crippen LogP contribution in [0, 0.1) is 0 Å². The predicted molar refractivity (Wildman–Crippen MR) is 81.7 cm³/mol. The van der Waals surface area contributed by atoms with Crippen LogP contribution in [0.1, 0.15) is 0 Å². The summed E-state index contributed by atoms with van der Waals surface area (Å²) in [6.45, 7) is 0. The van der Waals surface area contributed by atoms with Crippen molar-refractivity contribution in [1.82, 2.24) is 9.97 Å². The van der Waals surface area contributed by atoms with Gasteiger partial charge in [-0.3, -0.25) is 0 Å². The zero-order valence-electron chi connectivity index (χ0n) is 10.8. The van der Waals surface area contributed by atoms with Crippen molar-refractivity contribution in [2.75, 3.05) is 11.5 Å². The van der Waals surface area contributed by atoms with E-state index < -0.39 is 0 Å². The highest BCUT2D eigenvalue weighted by molar-refractivity contribution is 5.76. The fourth-order valence-corrected chi connectivity index (χ4v) is 2.10. The molecule has 3 rings (SSSR count). The average Bonchev–Trinajstić information content (AvgIpc) is 2.48. The number of hydrogen-bond donors (Lipinski definition) is 2. The Kier molecular flexibility index (Phi) is 3.05. The first-order valence-electron chi connectivity index (χ1n) is 6.26. The number of nitrogen functional groups attached to an aromatic ring is 2. The highest BCUT2D eigenvalue weighted by atomic mass is 15.0. The van der Waals surface area contributed by atoms with Crippen LogP contribution in [0.4, 0.5) is 11.6 Å². The van der Waals surface area contributed by atoms with E-state index in [2.05, 4.69) is 28.2 Å². The standard InChI is InChI=1S/C16H14N4/c17-15-7-12(11-4-2-1-3-5-11)6-13(8-15)14-9-19-16(18)20-10-14/h1-10H,17H2,(H2,18,19,20). The fourth-order valence-electron chi connectivity index (χ4n) is 2.10. The van der Waals surface area contributed by atoms with Gasteiger partial charge in [0.1, 0.15) is 0 Å². The molecular formula is C16H14N4. The highest BCUT2D eigenvalue weighted by Gasteiger charge is 2.04. The minimum atomic E-state index is 0.265. The molecule has 0 radical (unpaired) electrons. The summed E-state index contributed by atoms with van der Waals surface area (Å²) in [5.74, 6) is 0.265. The Labute approximate surface area is 117 Å². The van der Waals surface area contributed by atoms with Crippen LogP contribution in [0.2, 0.25) is 0 Å². The molecule has 0 aliphatic rings. The molecular weight excluding hydrogens is 248 g/mol. The van der Waals surface area contributed by atoms with Gasteiger partial charge in [0.2, 0.25) is 5.95 Å². The van der Waals surface area contributed by atoms with Crippen molar-refractivity contribution < 1.29 is 0 Å². The van der Waals surface area contributed by atoms with Gasteiger partial charge in [0.15, 0.2) is 0 Å². The molecule has 0 amide bonds. The molecule has 3 aromatic rings. The SMILES string of the molecule is Nc1cc(-c2ccccc2)cc(-c2cnc(N)nc2)c1. The zero-order chi connectivity index (χ0) is 13.9.